The fraction of sp³-hybridized carbons (Fsp3) is 0.583. The summed E-state index contributed by atoms with van der Waals surface area (Å²) in [5.41, 5.74) is 1.93. The molecule has 1 aromatic rings. The van der Waals surface area contributed by atoms with E-state index in [1.807, 2.05) is 0 Å². The molecular formula is C24H32N2O6S2. The maximum absolute atomic E-state index is 13.5. The van der Waals surface area contributed by atoms with Gasteiger partial charge in [0, 0.05) is 12.3 Å². The second-order valence-electron chi connectivity index (χ2n) is 9.13. The third-order valence-electron chi connectivity index (χ3n) is 6.83. The first-order chi connectivity index (χ1) is 16.3. The zero-order valence-corrected chi connectivity index (χ0v) is 21.0. The molecule has 0 radical (unpaired) electrons. The van der Waals surface area contributed by atoms with Gasteiger partial charge in [0.05, 0.1) is 35.3 Å². The topological polar surface area (TPSA) is 111 Å². The van der Waals surface area contributed by atoms with Crippen LogP contribution in [0.5, 0.6) is 0 Å². The molecule has 1 aliphatic carbocycles. The highest BCUT2D eigenvalue weighted by Crippen LogP contribution is 2.47. The lowest BCUT2D eigenvalue weighted by atomic mass is 10.0. The van der Waals surface area contributed by atoms with E-state index in [1.54, 1.807) is 21.6 Å². The fourth-order valence-electron chi connectivity index (χ4n) is 5.05. The minimum atomic E-state index is -1.33. The van der Waals surface area contributed by atoms with Gasteiger partial charge in [-0.2, -0.15) is 0 Å². The van der Waals surface area contributed by atoms with Crippen molar-refractivity contribution >= 4 is 39.3 Å². The number of carbonyl (C=O) groups excluding carboxylic acids is 2. The maximum atomic E-state index is 13.5. The van der Waals surface area contributed by atoms with Gasteiger partial charge in [0.1, 0.15) is 6.61 Å². The number of hydrogen-bond donors (Lipinski definition) is 3. The van der Waals surface area contributed by atoms with Gasteiger partial charge in [-0.15, -0.1) is 0 Å². The largest absolute Gasteiger partial charge is 0.448 e. The average Bonchev–Trinajstić information content (AvgIpc) is 3.46. The van der Waals surface area contributed by atoms with Crippen LogP contribution in [0.3, 0.4) is 0 Å². The van der Waals surface area contributed by atoms with Crippen LogP contribution in [0.4, 0.5) is 10.5 Å². The summed E-state index contributed by atoms with van der Waals surface area (Å²) in [5, 5.41) is 30.9. The van der Waals surface area contributed by atoms with Gasteiger partial charge in [-0.05, 0) is 42.5 Å². The number of nitrogens with zero attached hydrogens (tertiary/aromatic N) is 2. The van der Waals surface area contributed by atoms with Gasteiger partial charge in [0.15, 0.2) is 6.23 Å². The summed E-state index contributed by atoms with van der Waals surface area (Å²) in [6, 6.07) is 2.33. The predicted octanol–water partition coefficient (Wildman–Crippen LogP) is 3.43. The summed E-state index contributed by atoms with van der Waals surface area (Å²) in [5.74, 6) is 0.605. The highest BCUT2D eigenvalue weighted by atomic mass is 33.1. The third-order valence-corrected chi connectivity index (χ3v) is 10.2. The highest BCUT2D eigenvalue weighted by Gasteiger charge is 2.46. The second-order valence-corrected chi connectivity index (χ2v) is 12.2. The molecule has 3 N–H and O–H groups in total. The van der Waals surface area contributed by atoms with Crippen molar-refractivity contribution in [3.8, 4) is 0 Å². The molecule has 2 heterocycles. The first kappa shape index (κ1) is 25.4. The zero-order valence-electron chi connectivity index (χ0n) is 19.4. The summed E-state index contributed by atoms with van der Waals surface area (Å²) in [6.45, 7) is 5.82. The molecule has 186 valence electrons. The Morgan fingerprint density at radius 2 is 1.91 bits per heavy atom. The van der Waals surface area contributed by atoms with Gasteiger partial charge >= 0.3 is 6.09 Å². The van der Waals surface area contributed by atoms with E-state index in [0.717, 1.165) is 41.9 Å². The van der Waals surface area contributed by atoms with Crippen LogP contribution in [0.25, 0.3) is 0 Å². The van der Waals surface area contributed by atoms with Gasteiger partial charge in [-0.1, -0.05) is 53.5 Å². The molecule has 3 aliphatic rings. The zero-order chi connectivity index (χ0) is 24.5. The van der Waals surface area contributed by atoms with Crippen LogP contribution >= 0.6 is 21.6 Å². The molecule has 10 heteroatoms. The van der Waals surface area contributed by atoms with Crippen molar-refractivity contribution in [3.05, 3.63) is 41.0 Å². The Balaban J connectivity index is 1.70. The predicted molar refractivity (Wildman–Crippen MR) is 134 cm³/mol. The summed E-state index contributed by atoms with van der Waals surface area (Å²) in [6.07, 6.45) is 2.40. The Labute approximate surface area is 207 Å². The molecule has 0 aromatic heterocycles. The highest BCUT2D eigenvalue weighted by molar-refractivity contribution is 8.77. The van der Waals surface area contributed by atoms with Crippen molar-refractivity contribution in [1.82, 2.24) is 4.90 Å². The normalized spacial score (nSPS) is 23.6. The average molecular weight is 509 g/mol. The lowest BCUT2D eigenvalue weighted by Gasteiger charge is -2.33. The van der Waals surface area contributed by atoms with E-state index >= 15 is 0 Å². The number of aliphatic hydroxyl groups is 3. The molecule has 1 aromatic carbocycles. The minimum absolute atomic E-state index is 0.156. The summed E-state index contributed by atoms with van der Waals surface area (Å²) in [4.78, 5) is 29.6. The lowest BCUT2D eigenvalue weighted by molar-refractivity contribution is 0.0484. The molecule has 2 amide bonds. The van der Waals surface area contributed by atoms with Crippen LogP contribution in [-0.4, -0.2) is 68.1 Å². The summed E-state index contributed by atoms with van der Waals surface area (Å²) < 4.78 is 5.66. The van der Waals surface area contributed by atoms with Crippen LogP contribution < -0.4 is 4.90 Å². The minimum Gasteiger partial charge on any atom is -0.448 e. The number of rotatable bonds is 7. The van der Waals surface area contributed by atoms with Crippen LogP contribution in [0.2, 0.25) is 0 Å². The molecule has 2 aliphatic heterocycles. The number of aliphatic hydroxyl groups excluding tert-OH is 3. The van der Waals surface area contributed by atoms with Crippen LogP contribution in [0, 0.1) is 0 Å². The van der Waals surface area contributed by atoms with Crippen molar-refractivity contribution in [3.63, 3.8) is 0 Å². The molecule has 4 rings (SSSR count). The Morgan fingerprint density at radius 3 is 2.56 bits per heavy atom. The number of fused-ring (bicyclic) bond motifs is 2. The van der Waals surface area contributed by atoms with E-state index in [0.29, 0.717) is 17.5 Å². The number of amides is 2. The number of anilines is 1. The first-order valence-electron chi connectivity index (χ1n) is 11.6. The van der Waals surface area contributed by atoms with E-state index in [4.69, 9.17) is 4.74 Å². The Bertz CT molecular complexity index is 965. The summed E-state index contributed by atoms with van der Waals surface area (Å²) in [7, 11) is 3.52. The van der Waals surface area contributed by atoms with Gasteiger partial charge < -0.3 is 25.0 Å². The molecule has 1 saturated heterocycles. The van der Waals surface area contributed by atoms with E-state index in [2.05, 4.69) is 13.5 Å². The smallest absolute Gasteiger partial charge is 0.416 e. The molecule has 0 spiro atoms. The van der Waals surface area contributed by atoms with Crippen LogP contribution in [0.15, 0.2) is 24.3 Å². The molecule has 1 unspecified atom stereocenters. The monoisotopic (exact) mass is 508 g/mol. The second kappa shape index (κ2) is 10.5. The van der Waals surface area contributed by atoms with Crippen molar-refractivity contribution in [1.29, 1.82) is 0 Å². The molecular weight excluding hydrogens is 476 g/mol. The number of ether oxygens (including phenoxy) is 1. The molecule has 8 nitrogen and oxygen atoms in total. The van der Waals surface area contributed by atoms with Gasteiger partial charge in [-0.25, -0.2) is 9.69 Å². The van der Waals surface area contributed by atoms with E-state index < -0.39 is 18.4 Å². The SMILES string of the molecule is C=C1C[C@H]2C(O)N(C(=O)OCC3(SSCC)CCCC3)c3cc(CO)c(CO)cc3C(=O)N2C1. The molecule has 1 saturated carbocycles. The molecule has 34 heavy (non-hydrogen) atoms. The number of benzene rings is 1. The van der Waals surface area contributed by atoms with E-state index in [9.17, 15) is 24.9 Å². The van der Waals surface area contributed by atoms with Gasteiger partial charge in [0.2, 0.25) is 0 Å². The van der Waals surface area contributed by atoms with Gasteiger partial charge in [-0.3, -0.25) is 4.79 Å². The van der Waals surface area contributed by atoms with Crippen LogP contribution in [-0.2, 0) is 18.0 Å². The molecule has 2 atom stereocenters. The van der Waals surface area contributed by atoms with Crippen LogP contribution in [0.1, 0.15) is 60.5 Å². The van der Waals surface area contributed by atoms with Crippen molar-refractivity contribution < 1.29 is 29.6 Å². The Hall–Kier alpha value is -1.72. The Morgan fingerprint density at radius 1 is 1.24 bits per heavy atom. The number of carbonyl (C=O) groups is 2. The molecule has 0 bridgehead atoms. The Kier molecular flexibility index (Phi) is 7.83. The standard InChI is InChI=1S/C24H32N2O6S2/c1-3-33-34-24(6-4-5-7-24)14-32-23(31)26-19-10-17(13-28)16(12-27)9-18(19)21(29)25-11-15(2)8-20(25)22(26)30/h9-10,20,22,27-28,30H,2-8,11-14H2,1H3/t20-,22?/m0/s1. The van der Waals surface area contributed by atoms with E-state index in [-0.39, 0.29) is 48.3 Å². The van der Waals surface area contributed by atoms with E-state index in [1.165, 1.54) is 17.0 Å². The number of hydrogen-bond acceptors (Lipinski definition) is 8. The van der Waals surface area contributed by atoms with Crippen molar-refractivity contribution in [2.24, 2.45) is 0 Å². The first-order valence-corrected chi connectivity index (χ1v) is 14.0. The van der Waals surface area contributed by atoms with Crippen molar-refractivity contribution in [2.45, 2.75) is 69.3 Å². The maximum Gasteiger partial charge on any atom is 0.416 e. The lowest BCUT2D eigenvalue weighted by Crippen LogP contribution is -2.51. The molecule has 2 fully saturated rings. The van der Waals surface area contributed by atoms with Gasteiger partial charge in [0.25, 0.3) is 5.91 Å². The van der Waals surface area contributed by atoms with Crippen molar-refractivity contribution in [2.75, 3.05) is 23.8 Å². The fourth-order valence-corrected chi connectivity index (χ4v) is 7.73. The quantitative estimate of drug-likeness (QED) is 0.380. The third kappa shape index (κ3) is 4.70. The summed E-state index contributed by atoms with van der Waals surface area (Å²) >= 11 is 0.